The molecule has 32 heavy (non-hydrogen) atoms. The first-order valence-electron chi connectivity index (χ1n) is 10.8. The first-order chi connectivity index (χ1) is 15.6. The van der Waals surface area contributed by atoms with Gasteiger partial charge in [-0.15, -0.1) is 0 Å². The number of pyridine rings is 1. The third-order valence-electron chi connectivity index (χ3n) is 5.50. The summed E-state index contributed by atoms with van der Waals surface area (Å²) in [6.45, 7) is 6.79. The Balaban J connectivity index is 1.52. The molecular formula is C25H26FN5O. The molecule has 4 rings (SSSR count). The first kappa shape index (κ1) is 21.5. The molecule has 0 unspecified atom stereocenters. The highest BCUT2D eigenvalue weighted by atomic mass is 19.1. The highest BCUT2D eigenvalue weighted by Gasteiger charge is 2.14. The fourth-order valence-electron chi connectivity index (χ4n) is 3.75. The Morgan fingerprint density at radius 1 is 1.03 bits per heavy atom. The van der Waals surface area contributed by atoms with Crippen LogP contribution in [0.5, 0.6) is 0 Å². The van der Waals surface area contributed by atoms with Crippen LogP contribution in [-0.2, 0) is 13.1 Å². The number of carbonyl (C=O) groups is 1. The van der Waals surface area contributed by atoms with E-state index >= 15 is 0 Å². The fourth-order valence-corrected chi connectivity index (χ4v) is 3.75. The van der Waals surface area contributed by atoms with Crippen LogP contribution in [0.1, 0.15) is 35.6 Å². The van der Waals surface area contributed by atoms with Crippen molar-refractivity contribution in [3.05, 3.63) is 89.6 Å². The van der Waals surface area contributed by atoms with Gasteiger partial charge in [0.25, 0.3) is 5.91 Å². The van der Waals surface area contributed by atoms with Crippen molar-refractivity contribution in [1.29, 1.82) is 0 Å². The lowest BCUT2D eigenvalue weighted by Gasteiger charge is -2.21. The van der Waals surface area contributed by atoms with E-state index in [1.54, 1.807) is 18.3 Å². The molecule has 0 fully saturated rings. The van der Waals surface area contributed by atoms with Crippen LogP contribution in [0, 0.1) is 5.82 Å². The van der Waals surface area contributed by atoms with E-state index in [1.807, 2.05) is 41.0 Å². The lowest BCUT2D eigenvalue weighted by molar-refractivity contribution is 0.0949. The first-order valence-corrected chi connectivity index (χ1v) is 10.8. The summed E-state index contributed by atoms with van der Waals surface area (Å²) < 4.78 is 15.2. The number of rotatable bonds is 8. The Morgan fingerprint density at radius 3 is 2.44 bits per heavy atom. The van der Waals surface area contributed by atoms with Gasteiger partial charge in [-0.2, -0.15) is 0 Å². The van der Waals surface area contributed by atoms with Gasteiger partial charge in [0.15, 0.2) is 5.65 Å². The Hall–Kier alpha value is -3.74. The number of halogens is 1. The number of benzene rings is 2. The molecule has 6 nitrogen and oxygen atoms in total. The number of carbonyl (C=O) groups excluding carboxylic acids is 1. The summed E-state index contributed by atoms with van der Waals surface area (Å²) in [5.74, 6) is 0.252. The van der Waals surface area contributed by atoms with Crippen molar-refractivity contribution >= 4 is 22.8 Å². The zero-order valence-electron chi connectivity index (χ0n) is 18.3. The van der Waals surface area contributed by atoms with E-state index in [9.17, 15) is 9.18 Å². The van der Waals surface area contributed by atoms with Crippen LogP contribution in [0.3, 0.4) is 0 Å². The zero-order chi connectivity index (χ0) is 22.5. The van der Waals surface area contributed by atoms with Gasteiger partial charge in [-0.1, -0.05) is 12.1 Å². The van der Waals surface area contributed by atoms with Gasteiger partial charge in [-0.25, -0.2) is 14.4 Å². The SMILES string of the molecule is CCN(CC)c1ccc(C(=O)NCc2nc3cccnc3n2Cc2ccc(F)cc2)cc1. The molecule has 2 heterocycles. The number of aromatic nitrogens is 3. The highest BCUT2D eigenvalue weighted by molar-refractivity contribution is 5.94. The molecule has 164 valence electrons. The van der Waals surface area contributed by atoms with Gasteiger partial charge in [-0.05, 0) is 67.9 Å². The maximum atomic E-state index is 13.3. The van der Waals surface area contributed by atoms with E-state index < -0.39 is 0 Å². The van der Waals surface area contributed by atoms with E-state index in [0.717, 1.165) is 35.5 Å². The summed E-state index contributed by atoms with van der Waals surface area (Å²) in [7, 11) is 0. The van der Waals surface area contributed by atoms with Crippen LogP contribution in [0.2, 0.25) is 0 Å². The largest absolute Gasteiger partial charge is 0.372 e. The molecule has 0 atom stereocenters. The van der Waals surface area contributed by atoms with Gasteiger partial charge < -0.3 is 14.8 Å². The molecule has 0 aliphatic carbocycles. The third-order valence-corrected chi connectivity index (χ3v) is 5.50. The molecule has 4 aromatic rings. The van der Waals surface area contributed by atoms with Crippen LogP contribution in [0.15, 0.2) is 66.9 Å². The normalized spacial score (nSPS) is 11.0. The Labute approximate surface area is 186 Å². The zero-order valence-corrected chi connectivity index (χ0v) is 18.3. The Kier molecular flexibility index (Phi) is 6.44. The minimum atomic E-state index is -0.276. The molecule has 2 aromatic heterocycles. The minimum Gasteiger partial charge on any atom is -0.372 e. The molecular weight excluding hydrogens is 405 g/mol. The second-order valence-electron chi connectivity index (χ2n) is 7.49. The highest BCUT2D eigenvalue weighted by Crippen LogP contribution is 2.18. The second-order valence-corrected chi connectivity index (χ2v) is 7.49. The topological polar surface area (TPSA) is 63.1 Å². The van der Waals surface area contributed by atoms with E-state index in [1.165, 1.54) is 12.1 Å². The van der Waals surface area contributed by atoms with Gasteiger partial charge in [0.05, 0.1) is 13.1 Å². The second kappa shape index (κ2) is 9.60. The number of fused-ring (bicyclic) bond motifs is 1. The van der Waals surface area contributed by atoms with Gasteiger partial charge in [0.1, 0.15) is 17.2 Å². The minimum absolute atomic E-state index is 0.163. The Bertz CT molecular complexity index is 1200. The van der Waals surface area contributed by atoms with Crippen LogP contribution in [0.4, 0.5) is 10.1 Å². The Morgan fingerprint density at radius 2 is 1.75 bits per heavy atom. The van der Waals surface area contributed by atoms with Gasteiger partial charge >= 0.3 is 0 Å². The third kappa shape index (κ3) is 4.61. The molecule has 1 amide bonds. The van der Waals surface area contributed by atoms with Crippen LogP contribution >= 0.6 is 0 Å². The number of anilines is 1. The van der Waals surface area contributed by atoms with Crippen molar-refractivity contribution in [3.63, 3.8) is 0 Å². The number of hydrogen-bond donors (Lipinski definition) is 1. The summed E-state index contributed by atoms with van der Waals surface area (Å²) in [6, 6.07) is 17.7. The van der Waals surface area contributed by atoms with Crippen molar-refractivity contribution in [2.75, 3.05) is 18.0 Å². The van der Waals surface area contributed by atoms with E-state index in [2.05, 4.69) is 34.0 Å². The summed E-state index contributed by atoms with van der Waals surface area (Å²) >= 11 is 0. The van der Waals surface area contributed by atoms with Crippen molar-refractivity contribution < 1.29 is 9.18 Å². The van der Waals surface area contributed by atoms with Gasteiger partial charge in [0, 0.05) is 30.5 Å². The maximum Gasteiger partial charge on any atom is 0.251 e. The number of hydrogen-bond acceptors (Lipinski definition) is 4. The number of nitrogens with one attached hydrogen (secondary N) is 1. The molecule has 2 aromatic carbocycles. The average molecular weight is 432 g/mol. The average Bonchev–Trinajstić information content (AvgIpc) is 3.17. The lowest BCUT2D eigenvalue weighted by atomic mass is 10.2. The predicted octanol–water partition coefficient (Wildman–Crippen LogP) is 4.39. The number of amides is 1. The summed E-state index contributed by atoms with van der Waals surface area (Å²) in [6.07, 6.45) is 1.71. The van der Waals surface area contributed by atoms with Crippen LogP contribution < -0.4 is 10.2 Å². The van der Waals surface area contributed by atoms with E-state index in [-0.39, 0.29) is 18.3 Å². The molecule has 0 saturated carbocycles. The quantitative estimate of drug-likeness (QED) is 0.449. The molecule has 0 aliphatic heterocycles. The summed E-state index contributed by atoms with van der Waals surface area (Å²) in [5, 5.41) is 2.96. The molecule has 7 heteroatoms. The van der Waals surface area contributed by atoms with E-state index in [4.69, 9.17) is 0 Å². The lowest BCUT2D eigenvalue weighted by Crippen LogP contribution is -2.25. The van der Waals surface area contributed by atoms with Gasteiger partial charge in [-0.3, -0.25) is 4.79 Å². The molecule has 0 bridgehead atoms. The molecule has 1 N–H and O–H groups in total. The smallest absolute Gasteiger partial charge is 0.251 e. The number of imidazole rings is 1. The molecule has 0 spiro atoms. The summed E-state index contributed by atoms with van der Waals surface area (Å²) in [4.78, 5) is 24.1. The fraction of sp³-hybridized carbons (Fsp3) is 0.240. The van der Waals surface area contributed by atoms with Gasteiger partial charge in [0.2, 0.25) is 0 Å². The van der Waals surface area contributed by atoms with Crippen molar-refractivity contribution in [1.82, 2.24) is 19.9 Å². The van der Waals surface area contributed by atoms with Crippen molar-refractivity contribution in [2.45, 2.75) is 26.9 Å². The maximum absolute atomic E-state index is 13.3. The van der Waals surface area contributed by atoms with Crippen molar-refractivity contribution in [2.24, 2.45) is 0 Å². The molecule has 0 radical (unpaired) electrons. The number of nitrogens with zero attached hydrogens (tertiary/aromatic N) is 4. The predicted molar refractivity (Wildman–Crippen MR) is 124 cm³/mol. The van der Waals surface area contributed by atoms with E-state index in [0.29, 0.717) is 17.9 Å². The monoisotopic (exact) mass is 431 g/mol. The molecule has 0 aliphatic rings. The molecule has 0 saturated heterocycles. The van der Waals surface area contributed by atoms with Crippen molar-refractivity contribution in [3.8, 4) is 0 Å². The summed E-state index contributed by atoms with van der Waals surface area (Å²) in [5.41, 5.74) is 4.10. The van der Waals surface area contributed by atoms with Crippen LogP contribution in [-0.4, -0.2) is 33.5 Å². The van der Waals surface area contributed by atoms with Crippen LogP contribution in [0.25, 0.3) is 11.2 Å². The standard InChI is InChI=1S/C25H26FN5O/c1-3-30(4-2)21-13-9-19(10-14-21)25(32)28-16-23-29-22-6-5-15-27-24(22)31(23)17-18-7-11-20(26)12-8-18/h5-15H,3-4,16-17H2,1-2H3,(H,28,32).